The maximum atomic E-state index is 12.0. The van der Waals surface area contributed by atoms with Gasteiger partial charge in [0.15, 0.2) is 0 Å². The number of carbonyl (C=O) groups is 1. The first-order chi connectivity index (χ1) is 8.35. The smallest absolute Gasteiger partial charge is 0.397 e. The van der Waals surface area contributed by atoms with E-state index in [1.165, 1.54) is 14.2 Å². The Morgan fingerprint density at radius 3 is 2.56 bits per heavy atom. The molecule has 0 aliphatic heterocycles. The first kappa shape index (κ1) is 14.0. The van der Waals surface area contributed by atoms with E-state index >= 15 is 0 Å². The van der Waals surface area contributed by atoms with Crippen LogP contribution >= 0.6 is 0 Å². The summed E-state index contributed by atoms with van der Waals surface area (Å²) in [5, 5.41) is 2.00. The summed E-state index contributed by atoms with van der Waals surface area (Å²) in [6.45, 7) is 0. The van der Waals surface area contributed by atoms with Crippen molar-refractivity contribution >= 4 is 11.6 Å². The topological polar surface area (TPSA) is 73.3 Å². The number of nitrogens with one attached hydrogen (secondary N) is 1. The number of hydrogen-bond acceptors (Lipinski definition) is 5. The highest BCUT2D eigenvalue weighted by molar-refractivity contribution is 5.92. The molecule has 0 fully saturated rings. The van der Waals surface area contributed by atoms with Crippen molar-refractivity contribution in [2.45, 2.75) is 12.6 Å². The monoisotopic (exact) mass is 265 g/mol. The average Bonchev–Trinajstić information content (AvgIpc) is 2.27. The summed E-state index contributed by atoms with van der Waals surface area (Å²) >= 11 is 0. The Morgan fingerprint density at radius 1 is 1.39 bits per heavy atom. The van der Waals surface area contributed by atoms with Crippen molar-refractivity contribution in [1.82, 2.24) is 9.97 Å². The van der Waals surface area contributed by atoms with Gasteiger partial charge in [0.1, 0.15) is 12.1 Å². The number of ether oxygens (including phenoxy) is 2. The Morgan fingerprint density at radius 2 is 2.06 bits per heavy atom. The second-order valence-electron chi connectivity index (χ2n) is 3.12. The van der Waals surface area contributed by atoms with Gasteiger partial charge < -0.3 is 14.8 Å². The lowest BCUT2D eigenvalue weighted by atomic mass is 10.3. The van der Waals surface area contributed by atoms with Crippen LogP contribution in [0.25, 0.3) is 0 Å². The van der Waals surface area contributed by atoms with Gasteiger partial charge in [-0.05, 0) is 0 Å². The largest absolute Gasteiger partial charge is 0.479 e. The van der Waals surface area contributed by atoms with Gasteiger partial charge >= 0.3 is 12.2 Å². The Kier molecular flexibility index (Phi) is 4.29. The molecule has 1 aromatic rings. The minimum atomic E-state index is -4.58. The molecule has 9 heteroatoms. The Bertz CT molecular complexity index is 437. The molecule has 100 valence electrons. The second-order valence-corrected chi connectivity index (χ2v) is 3.12. The van der Waals surface area contributed by atoms with Crippen LogP contribution in [0.3, 0.4) is 0 Å². The number of anilines is 1. The first-order valence-electron chi connectivity index (χ1n) is 4.67. The maximum Gasteiger partial charge on any atom is 0.397 e. The van der Waals surface area contributed by atoms with Crippen LogP contribution in [0, 0.1) is 0 Å². The van der Waals surface area contributed by atoms with Gasteiger partial charge in [0.25, 0.3) is 0 Å². The lowest BCUT2D eigenvalue weighted by molar-refractivity contribution is -0.150. The van der Waals surface area contributed by atoms with Crippen LogP contribution < -0.4 is 14.8 Å². The number of amides is 1. The zero-order chi connectivity index (χ0) is 13.8. The number of carbonyl (C=O) groups excluding carboxylic acids is 1. The Hall–Kier alpha value is -2.06. The number of hydrogen-bond donors (Lipinski definition) is 1. The fraction of sp³-hybridized carbons (Fsp3) is 0.444. The normalized spacial score (nSPS) is 10.9. The molecule has 0 saturated heterocycles. The minimum Gasteiger partial charge on any atom is -0.479 e. The number of alkyl halides is 3. The summed E-state index contributed by atoms with van der Waals surface area (Å²) in [6, 6.07) is -0.0272. The van der Waals surface area contributed by atoms with E-state index in [1.807, 2.05) is 5.32 Å². The van der Waals surface area contributed by atoms with Crippen molar-refractivity contribution in [3.63, 3.8) is 0 Å². The van der Waals surface area contributed by atoms with Crippen LogP contribution in [0.2, 0.25) is 0 Å². The van der Waals surface area contributed by atoms with Gasteiger partial charge in [0.2, 0.25) is 11.8 Å². The van der Waals surface area contributed by atoms with Gasteiger partial charge in [0, 0.05) is 0 Å². The highest BCUT2D eigenvalue weighted by Gasteiger charge is 2.31. The van der Waals surface area contributed by atoms with Gasteiger partial charge in [-0.2, -0.15) is 18.2 Å². The third kappa shape index (κ3) is 4.07. The van der Waals surface area contributed by atoms with Crippen LogP contribution in [0.15, 0.2) is 6.20 Å². The van der Waals surface area contributed by atoms with E-state index in [2.05, 4.69) is 9.97 Å². The van der Waals surface area contributed by atoms with E-state index in [4.69, 9.17) is 9.47 Å². The number of methoxy groups -OCH3 is 2. The van der Waals surface area contributed by atoms with Crippen LogP contribution in [-0.4, -0.2) is 36.3 Å². The molecule has 0 aromatic carbocycles. The zero-order valence-electron chi connectivity index (χ0n) is 9.54. The van der Waals surface area contributed by atoms with E-state index in [-0.39, 0.29) is 17.6 Å². The number of rotatable bonds is 4. The molecule has 0 saturated carbocycles. The molecule has 0 aliphatic rings. The highest BCUT2D eigenvalue weighted by Crippen LogP contribution is 2.25. The maximum absolute atomic E-state index is 12.0. The van der Waals surface area contributed by atoms with Crippen molar-refractivity contribution in [3.05, 3.63) is 6.20 Å². The number of nitrogens with zero attached hydrogens (tertiary/aromatic N) is 2. The molecular formula is C9H10F3N3O3. The molecule has 0 atom stereocenters. The zero-order valence-corrected chi connectivity index (χ0v) is 9.54. The molecule has 18 heavy (non-hydrogen) atoms. The van der Waals surface area contributed by atoms with E-state index in [1.54, 1.807) is 0 Å². The molecule has 1 heterocycles. The highest BCUT2D eigenvalue weighted by atomic mass is 19.4. The third-order valence-electron chi connectivity index (χ3n) is 1.74. The van der Waals surface area contributed by atoms with E-state index in [0.29, 0.717) is 0 Å². The summed E-state index contributed by atoms with van der Waals surface area (Å²) in [6.07, 6.45) is -5.08. The molecule has 0 unspecified atom stereocenters. The van der Waals surface area contributed by atoms with Crippen LogP contribution in [0.4, 0.5) is 18.9 Å². The molecule has 0 bridgehead atoms. The van der Waals surface area contributed by atoms with Gasteiger partial charge in [-0.15, -0.1) is 0 Å². The number of aromatic nitrogens is 2. The third-order valence-corrected chi connectivity index (χ3v) is 1.74. The summed E-state index contributed by atoms with van der Waals surface area (Å²) in [5.74, 6) is -1.31. The molecular weight excluding hydrogens is 255 g/mol. The van der Waals surface area contributed by atoms with Crippen molar-refractivity contribution in [2.75, 3.05) is 19.5 Å². The van der Waals surface area contributed by atoms with Crippen LogP contribution in [0.1, 0.15) is 6.42 Å². The molecule has 1 rings (SSSR count). The van der Waals surface area contributed by atoms with Crippen molar-refractivity contribution in [2.24, 2.45) is 0 Å². The molecule has 0 spiro atoms. The summed E-state index contributed by atoms with van der Waals surface area (Å²) in [4.78, 5) is 18.4. The Balaban J connectivity index is 2.81. The van der Waals surface area contributed by atoms with Crippen LogP contribution in [-0.2, 0) is 4.79 Å². The van der Waals surface area contributed by atoms with Gasteiger partial charge in [-0.1, -0.05) is 0 Å². The van der Waals surface area contributed by atoms with E-state index in [9.17, 15) is 18.0 Å². The molecule has 1 N–H and O–H groups in total. The fourth-order valence-corrected chi connectivity index (χ4v) is 1.07. The quantitative estimate of drug-likeness (QED) is 0.890. The lowest BCUT2D eigenvalue weighted by Gasteiger charge is -2.10. The molecule has 1 aromatic heterocycles. The Labute approximate surface area is 100 Å². The molecule has 1 amide bonds. The van der Waals surface area contributed by atoms with Crippen molar-refractivity contribution < 1.29 is 27.4 Å². The predicted octanol–water partition coefficient (Wildman–Crippen LogP) is 1.38. The summed E-state index contributed by atoms with van der Waals surface area (Å²) in [5.41, 5.74) is -0.0625. The average molecular weight is 265 g/mol. The first-order valence-corrected chi connectivity index (χ1v) is 4.67. The molecule has 6 nitrogen and oxygen atoms in total. The fourth-order valence-electron chi connectivity index (χ4n) is 1.07. The standard InChI is InChI=1S/C9H10F3N3O3/c1-17-7-5(4-13-8(15-7)18-2)14-6(16)3-9(10,11)12/h4H,3H2,1-2H3,(H,14,16). The summed E-state index contributed by atoms with van der Waals surface area (Å²) in [7, 11) is 2.57. The van der Waals surface area contributed by atoms with Gasteiger partial charge in [-0.25, -0.2) is 4.98 Å². The SMILES string of the molecule is COc1ncc(NC(=O)CC(F)(F)F)c(OC)n1. The van der Waals surface area contributed by atoms with Gasteiger partial charge in [0.05, 0.1) is 20.4 Å². The predicted molar refractivity (Wildman–Crippen MR) is 54.4 cm³/mol. The molecule has 0 aliphatic carbocycles. The van der Waals surface area contributed by atoms with Crippen LogP contribution in [0.5, 0.6) is 11.9 Å². The second kappa shape index (κ2) is 5.52. The molecule has 0 radical (unpaired) electrons. The minimum absolute atomic E-state index is 0.0272. The summed E-state index contributed by atoms with van der Waals surface area (Å²) < 4.78 is 45.4. The lowest BCUT2D eigenvalue weighted by Crippen LogP contribution is -2.21. The van der Waals surface area contributed by atoms with E-state index < -0.39 is 18.5 Å². The van der Waals surface area contributed by atoms with Gasteiger partial charge in [-0.3, -0.25) is 4.79 Å². The number of halogens is 3. The van der Waals surface area contributed by atoms with Crippen molar-refractivity contribution in [1.29, 1.82) is 0 Å². The van der Waals surface area contributed by atoms with Crippen molar-refractivity contribution in [3.8, 4) is 11.9 Å². The van der Waals surface area contributed by atoms with E-state index in [0.717, 1.165) is 6.20 Å².